The van der Waals surface area contributed by atoms with Crippen LogP contribution in [0.1, 0.15) is 116 Å². The van der Waals surface area contributed by atoms with Crippen molar-refractivity contribution in [3.63, 3.8) is 0 Å². The maximum Gasteiger partial charge on any atom is 0.309 e. The molecule has 7 atom stereocenters. The average Bonchev–Trinajstić information content (AvgIpc) is 3.17. The van der Waals surface area contributed by atoms with Crippen molar-refractivity contribution < 1.29 is 19.4 Å². The fourth-order valence-corrected chi connectivity index (χ4v) is 9.94. The highest BCUT2D eigenvalue weighted by Gasteiger charge is 2.67. The third kappa shape index (κ3) is 3.11. The highest BCUT2D eigenvalue weighted by Crippen LogP contribution is 2.75. The second-order valence-corrected chi connectivity index (χ2v) is 15.2. The van der Waals surface area contributed by atoms with Gasteiger partial charge < -0.3 is 20.3 Å². The number of hydrogen-bond acceptors (Lipinski definition) is 4. The molecule has 0 radical (unpaired) electrons. The molecule has 38 heavy (non-hydrogen) atoms. The molecule has 5 nitrogen and oxygen atoms in total. The molecule has 0 saturated heterocycles. The van der Waals surface area contributed by atoms with Crippen LogP contribution < -0.4 is 15.2 Å². The van der Waals surface area contributed by atoms with Crippen molar-refractivity contribution in [3.8, 4) is 11.5 Å². The zero-order chi connectivity index (χ0) is 27.7. The first kappa shape index (κ1) is 26.2. The SMILES string of the molecule is Cc1c2c(cc3c1[C@H](CN)C=C1[C@@]3(C)CC[C@@]3(C)[C@@H]4C[C@](C)(C(=O)O)CC[C@]4(C)CC[C@]13C)OC(C)(C)O2. The number of carbonyl (C=O) groups is 1. The molecule has 208 valence electrons. The number of carboxylic acids is 1. The van der Waals surface area contributed by atoms with Gasteiger partial charge in [0.15, 0.2) is 11.5 Å². The number of carboxylic acid groups (broad SMARTS) is 1. The highest BCUT2D eigenvalue weighted by atomic mass is 16.7. The summed E-state index contributed by atoms with van der Waals surface area (Å²) in [5.41, 5.74) is 11.4. The summed E-state index contributed by atoms with van der Waals surface area (Å²) in [5, 5.41) is 10.2. The van der Waals surface area contributed by atoms with Crippen molar-refractivity contribution >= 4 is 5.97 Å². The minimum atomic E-state index is -0.671. The van der Waals surface area contributed by atoms with Crippen molar-refractivity contribution in [2.24, 2.45) is 33.3 Å². The molecule has 1 aromatic carbocycles. The zero-order valence-electron chi connectivity index (χ0n) is 24.7. The lowest BCUT2D eigenvalue weighted by molar-refractivity contribution is -0.177. The second kappa shape index (κ2) is 7.59. The van der Waals surface area contributed by atoms with E-state index < -0.39 is 17.2 Å². The minimum Gasteiger partial charge on any atom is -0.481 e. The van der Waals surface area contributed by atoms with E-state index in [0.29, 0.717) is 12.5 Å². The lowest BCUT2D eigenvalue weighted by Crippen LogP contribution is -2.62. The molecule has 1 aromatic rings. The molecule has 5 aliphatic rings. The van der Waals surface area contributed by atoms with Crippen LogP contribution >= 0.6 is 0 Å². The van der Waals surface area contributed by atoms with Crippen molar-refractivity contribution in [1.82, 2.24) is 0 Å². The molecule has 3 N–H and O–H groups in total. The molecule has 0 bridgehead atoms. The van der Waals surface area contributed by atoms with Crippen LogP contribution in [0.2, 0.25) is 0 Å². The summed E-state index contributed by atoms with van der Waals surface area (Å²) in [6.07, 6.45) is 9.54. The Balaban J connectivity index is 1.50. The molecule has 0 spiro atoms. The smallest absolute Gasteiger partial charge is 0.309 e. The third-order valence-corrected chi connectivity index (χ3v) is 12.6. The van der Waals surface area contributed by atoms with Gasteiger partial charge in [0.05, 0.1) is 5.41 Å². The number of ether oxygens (including phenoxy) is 2. The molecule has 6 rings (SSSR count). The molecule has 5 heteroatoms. The molecule has 3 fully saturated rings. The van der Waals surface area contributed by atoms with Crippen LogP contribution in [-0.2, 0) is 10.2 Å². The lowest BCUT2D eigenvalue weighted by atomic mass is 9.34. The minimum absolute atomic E-state index is 0.0183. The summed E-state index contributed by atoms with van der Waals surface area (Å²) in [4.78, 5) is 12.4. The van der Waals surface area contributed by atoms with E-state index in [4.69, 9.17) is 15.2 Å². The van der Waals surface area contributed by atoms with Gasteiger partial charge in [0, 0.05) is 31.7 Å². The van der Waals surface area contributed by atoms with Crippen LogP contribution in [0.15, 0.2) is 17.7 Å². The van der Waals surface area contributed by atoms with E-state index in [9.17, 15) is 9.90 Å². The van der Waals surface area contributed by atoms with Gasteiger partial charge in [0.2, 0.25) is 5.79 Å². The first-order valence-corrected chi connectivity index (χ1v) is 14.8. The zero-order valence-corrected chi connectivity index (χ0v) is 24.7. The van der Waals surface area contributed by atoms with Gasteiger partial charge in [-0.1, -0.05) is 39.3 Å². The van der Waals surface area contributed by atoms with Crippen LogP contribution in [0, 0.1) is 34.5 Å². The monoisotopic (exact) mass is 521 g/mol. The Morgan fingerprint density at radius 2 is 1.68 bits per heavy atom. The fraction of sp³-hybridized carbons (Fsp3) is 0.727. The fourth-order valence-electron chi connectivity index (χ4n) is 9.94. The maximum absolute atomic E-state index is 12.4. The summed E-state index contributed by atoms with van der Waals surface area (Å²) in [6.45, 7) is 18.6. The van der Waals surface area contributed by atoms with Crippen LogP contribution in [0.3, 0.4) is 0 Å². The van der Waals surface area contributed by atoms with E-state index in [0.717, 1.165) is 62.0 Å². The number of fused-ring (bicyclic) bond motifs is 8. The number of allylic oxidation sites excluding steroid dienone is 1. The predicted octanol–water partition coefficient (Wildman–Crippen LogP) is 7.24. The van der Waals surface area contributed by atoms with E-state index in [-0.39, 0.29) is 27.6 Å². The molecule has 0 aromatic heterocycles. The van der Waals surface area contributed by atoms with Gasteiger partial charge in [-0.2, -0.15) is 0 Å². The summed E-state index contributed by atoms with van der Waals surface area (Å²) in [6, 6.07) is 2.27. The first-order chi connectivity index (χ1) is 17.5. The van der Waals surface area contributed by atoms with Crippen molar-refractivity contribution in [1.29, 1.82) is 0 Å². The van der Waals surface area contributed by atoms with E-state index in [1.165, 1.54) is 16.7 Å². The average molecular weight is 522 g/mol. The first-order valence-electron chi connectivity index (χ1n) is 14.8. The Labute approximate surface area is 228 Å². The molecule has 0 unspecified atom stereocenters. The molecule has 3 saturated carbocycles. The number of benzene rings is 1. The normalized spacial score (nSPS) is 44.3. The maximum atomic E-state index is 12.4. The van der Waals surface area contributed by atoms with Crippen LogP contribution in [0.5, 0.6) is 11.5 Å². The van der Waals surface area contributed by atoms with Crippen LogP contribution in [0.25, 0.3) is 0 Å². The standard InChI is InChI=1S/C33H47NO4/c1-19-25-20(18-34)15-23-31(6,21(25)16-22-26(19)38-28(2,3)37-22)12-14-33(8)24-17-30(5,27(35)36)10-9-29(24,4)11-13-32(23,33)7/h15-16,20,24H,9-14,17-18,34H2,1-8H3,(H,35,36)/t20-,24+,29+,30+,31-,32+,33-/m0/s1. The van der Waals surface area contributed by atoms with E-state index in [2.05, 4.69) is 46.8 Å². The van der Waals surface area contributed by atoms with E-state index in [1.54, 1.807) is 0 Å². The summed E-state index contributed by atoms with van der Waals surface area (Å²) in [7, 11) is 0. The Kier molecular flexibility index (Phi) is 5.24. The molecule has 4 aliphatic carbocycles. The summed E-state index contributed by atoms with van der Waals surface area (Å²) < 4.78 is 12.5. The summed E-state index contributed by atoms with van der Waals surface area (Å²) in [5.74, 6) is 0.932. The Morgan fingerprint density at radius 1 is 1.00 bits per heavy atom. The molecular weight excluding hydrogens is 474 g/mol. The molecular formula is C33H47NO4. The van der Waals surface area contributed by atoms with Crippen molar-refractivity contribution in [3.05, 3.63) is 34.4 Å². The van der Waals surface area contributed by atoms with Crippen molar-refractivity contribution in [2.45, 2.75) is 117 Å². The van der Waals surface area contributed by atoms with Gasteiger partial charge in [-0.3, -0.25) is 4.79 Å². The molecule has 1 heterocycles. The Morgan fingerprint density at radius 3 is 2.34 bits per heavy atom. The topological polar surface area (TPSA) is 81.8 Å². The number of rotatable bonds is 2. The largest absolute Gasteiger partial charge is 0.481 e. The Bertz CT molecular complexity index is 1270. The molecule has 0 amide bonds. The summed E-state index contributed by atoms with van der Waals surface area (Å²) >= 11 is 0. The molecule has 1 aliphatic heterocycles. The number of nitrogens with two attached hydrogens (primary N) is 1. The third-order valence-electron chi connectivity index (χ3n) is 12.6. The van der Waals surface area contributed by atoms with Crippen LogP contribution in [0.4, 0.5) is 0 Å². The van der Waals surface area contributed by atoms with Crippen LogP contribution in [-0.4, -0.2) is 23.4 Å². The van der Waals surface area contributed by atoms with Gasteiger partial charge >= 0.3 is 5.97 Å². The van der Waals surface area contributed by atoms with Gasteiger partial charge in [0.25, 0.3) is 0 Å². The van der Waals surface area contributed by atoms with Gasteiger partial charge in [0.1, 0.15) is 0 Å². The lowest BCUT2D eigenvalue weighted by Gasteiger charge is -2.70. The quantitative estimate of drug-likeness (QED) is 0.401. The number of hydrogen-bond donors (Lipinski definition) is 2. The van der Waals surface area contributed by atoms with E-state index in [1.807, 2.05) is 20.8 Å². The van der Waals surface area contributed by atoms with Crippen molar-refractivity contribution in [2.75, 3.05) is 6.54 Å². The Hall–Kier alpha value is -2.01. The van der Waals surface area contributed by atoms with Gasteiger partial charge in [-0.15, -0.1) is 0 Å². The van der Waals surface area contributed by atoms with Gasteiger partial charge in [-0.25, -0.2) is 0 Å². The second-order valence-electron chi connectivity index (χ2n) is 15.2. The van der Waals surface area contributed by atoms with E-state index >= 15 is 0 Å². The van der Waals surface area contributed by atoms with Gasteiger partial charge in [-0.05, 0) is 104 Å². The predicted molar refractivity (Wildman–Crippen MR) is 150 cm³/mol. The number of aliphatic carboxylic acids is 1. The highest BCUT2D eigenvalue weighted by molar-refractivity contribution is 5.74.